The number of nitrogens with zero attached hydrogens (tertiary/aromatic N) is 5. The van der Waals surface area contributed by atoms with Gasteiger partial charge in [0.05, 0.1) is 25.3 Å². The van der Waals surface area contributed by atoms with Gasteiger partial charge in [0.15, 0.2) is 0 Å². The molecule has 1 unspecified atom stereocenters. The maximum absolute atomic E-state index is 5.46. The van der Waals surface area contributed by atoms with Gasteiger partial charge in [-0.2, -0.15) is 5.10 Å². The lowest BCUT2D eigenvalue weighted by Gasteiger charge is -2.36. The van der Waals surface area contributed by atoms with E-state index < -0.39 is 0 Å². The van der Waals surface area contributed by atoms with E-state index in [0.29, 0.717) is 0 Å². The van der Waals surface area contributed by atoms with Crippen molar-refractivity contribution in [2.75, 3.05) is 45.9 Å². The predicted octanol–water partition coefficient (Wildman–Crippen LogP) is 1.58. The summed E-state index contributed by atoms with van der Waals surface area (Å²) in [4.78, 5) is 9.62. The molecule has 0 amide bonds. The lowest BCUT2D eigenvalue weighted by Crippen LogP contribution is -2.44. The second kappa shape index (κ2) is 7.28. The van der Waals surface area contributed by atoms with Crippen LogP contribution in [0.4, 0.5) is 0 Å². The van der Waals surface area contributed by atoms with Crippen molar-refractivity contribution in [3.63, 3.8) is 0 Å². The topological polar surface area (TPSA) is 46.4 Å². The highest BCUT2D eigenvalue weighted by molar-refractivity contribution is 4.91. The van der Waals surface area contributed by atoms with Gasteiger partial charge in [-0.25, -0.2) is 9.67 Å². The van der Waals surface area contributed by atoms with E-state index in [1.54, 1.807) is 6.33 Å². The third-order valence-corrected chi connectivity index (χ3v) is 4.84. The van der Waals surface area contributed by atoms with Crippen molar-refractivity contribution in [2.45, 2.75) is 45.7 Å². The van der Waals surface area contributed by atoms with Gasteiger partial charge in [0.1, 0.15) is 12.2 Å². The fraction of sp³-hybridized carbons (Fsp3) is 0.882. The monoisotopic (exact) mass is 321 g/mol. The van der Waals surface area contributed by atoms with Crippen molar-refractivity contribution in [2.24, 2.45) is 5.92 Å². The molecule has 0 spiro atoms. The number of hydrogen-bond acceptors (Lipinski definition) is 5. The van der Waals surface area contributed by atoms with Crippen LogP contribution in [-0.2, 0) is 16.8 Å². The van der Waals surface area contributed by atoms with Crippen LogP contribution in [0, 0.1) is 5.92 Å². The maximum Gasteiger partial charge on any atom is 0.141 e. The Labute approximate surface area is 139 Å². The molecule has 2 fully saturated rings. The van der Waals surface area contributed by atoms with Gasteiger partial charge in [0.25, 0.3) is 0 Å². The average Bonchev–Trinajstić information content (AvgIpc) is 2.97. The summed E-state index contributed by atoms with van der Waals surface area (Å²) in [5, 5.41) is 4.42. The molecule has 1 aromatic rings. The molecule has 1 atom stereocenters. The Kier molecular flexibility index (Phi) is 5.34. The number of rotatable bonds is 4. The second-order valence-electron chi connectivity index (χ2n) is 7.92. The number of ether oxygens (including phenoxy) is 1. The van der Waals surface area contributed by atoms with Crippen LogP contribution in [0.25, 0.3) is 0 Å². The number of hydrogen-bond donors (Lipinski definition) is 0. The van der Waals surface area contributed by atoms with Crippen molar-refractivity contribution < 1.29 is 4.74 Å². The van der Waals surface area contributed by atoms with Gasteiger partial charge in [-0.3, -0.25) is 9.80 Å². The molecule has 0 saturated carbocycles. The summed E-state index contributed by atoms with van der Waals surface area (Å²) in [7, 11) is 0. The first-order chi connectivity index (χ1) is 11.0. The standard InChI is InChI=1S/C17H31N5O/c1-17(2,3)22-16(18-14-19-22)13-21-6-4-5-15(12-21)11-20-7-9-23-10-8-20/h14-15H,4-13H2,1-3H3. The van der Waals surface area contributed by atoms with Crippen molar-refractivity contribution in [3.8, 4) is 0 Å². The van der Waals surface area contributed by atoms with Gasteiger partial charge in [-0.15, -0.1) is 0 Å². The molecule has 0 aromatic carbocycles. The lowest BCUT2D eigenvalue weighted by atomic mass is 9.97. The molecule has 0 N–H and O–H groups in total. The van der Waals surface area contributed by atoms with E-state index in [1.165, 1.54) is 32.5 Å². The van der Waals surface area contributed by atoms with Crippen molar-refractivity contribution >= 4 is 0 Å². The predicted molar refractivity (Wildman–Crippen MR) is 90.3 cm³/mol. The largest absolute Gasteiger partial charge is 0.379 e. The Balaban J connectivity index is 1.55. The summed E-state index contributed by atoms with van der Waals surface area (Å²) in [5.74, 6) is 1.86. The number of aromatic nitrogens is 3. The Hall–Kier alpha value is -0.980. The average molecular weight is 321 g/mol. The first kappa shape index (κ1) is 16.9. The molecule has 2 saturated heterocycles. The van der Waals surface area contributed by atoms with E-state index in [0.717, 1.165) is 44.6 Å². The molecule has 3 rings (SSSR count). The first-order valence-electron chi connectivity index (χ1n) is 8.94. The molecular formula is C17H31N5O. The Morgan fingerprint density at radius 3 is 2.70 bits per heavy atom. The molecule has 0 aliphatic carbocycles. The first-order valence-corrected chi connectivity index (χ1v) is 8.94. The van der Waals surface area contributed by atoms with Gasteiger partial charge in [0.2, 0.25) is 0 Å². The lowest BCUT2D eigenvalue weighted by molar-refractivity contribution is 0.0221. The van der Waals surface area contributed by atoms with E-state index in [2.05, 4.69) is 45.3 Å². The molecular weight excluding hydrogens is 290 g/mol. The fourth-order valence-corrected chi connectivity index (χ4v) is 3.73. The summed E-state index contributed by atoms with van der Waals surface area (Å²) in [5.41, 5.74) is -0.00514. The highest BCUT2D eigenvalue weighted by Crippen LogP contribution is 2.21. The Morgan fingerprint density at radius 2 is 1.96 bits per heavy atom. The molecule has 6 nitrogen and oxygen atoms in total. The molecule has 1 aromatic heterocycles. The Bertz CT molecular complexity index is 489. The number of morpholine rings is 1. The van der Waals surface area contributed by atoms with Crippen LogP contribution in [0.3, 0.4) is 0 Å². The zero-order valence-electron chi connectivity index (χ0n) is 14.9. The van der Waals surface area contributed by atoms with Crippen LogP contribution in [0.15, 0.2) is 6.33 Å². The van der Waals surface area contributed by atoms with Gasteiger partial charge in [-0.1, -0.05) is 0 Å². The van der Waals surface area contributed by atoms with Gasteiger partial charge in [-0.05, 0) is 46.1 Å². The summed E-state index contributed by atoms with van der Waals surface area (Å²) in [6, 6.07) is 0. The fourth-order valence-electron chi connectivity index (χ4n) is 3.73. The molecule has 2 aliphatic rings. The zero-order valence-corrected chi connectivity index (χ0v) is 14.9. The molecule has 6 heteroatoms. The molecule has 130 valence electrons. The van der Waals surface area contributed by atoms with Crippen molar-refractivity contribution in [1.29, 1.82) is 0 Å². The number of likely N-dealkylation sites (tertiary alicyclic amines) is 1. The van der Waals surface area contributed by atoms with E-state index in [-0.39, 0.29) is 5.54 Å². The van der Waals surface area contributed by atoms with Gasteiger partial charge in [0, 0.05) is 26.2 Å². The van der Waals surface area contributed by atoms with Crippen molar-refractivity contribution in [1.82, 2.24) is 24.6 Å². The minimum atomic E-state index is -0.00514. The SMILES string of the molecule is CC(C)(C)n1ncnc1CN1CCCC(CN2CCOCC2)C1. The highest BCUT2D eigenvalue weighted by Gasteiger charge is 2.25. The smallest absolute Gasteiger partial charge is 0.141 e. The maximum atomic E-state index is 5.46. The summed E-state index contributed by atoms with van der Waals surface area (Å²) in [6.07, 6.45) is 4.33. The van der Waals surface area contributed by atoms with Crippen LogP contribution >= 0.6 is 0 Å². The van der Waals surface area contributed by atoms with E-state index in [9.17, 15) is 0 Å². The minimum absolute atomic E-state index is 0.00514. The van der Waals surface area contributed by atoms with Crippen LogP contribution < -0.4 is 0 Å². The Morgan fingerprint density at radius 1 is 1.17 bits per heavy atom. The van der Waals surface area contributed by atoms with Crippen molar-refractivity contribution in [3.05, 3.63) is 12.2 Å². The normalized spacial score (nSPS) is 24.9. The molecule has 2 aliphatic heterocycles. The summed E-state index contributed by atoms with van der Waals surface area (Å²) < 4.78 is 7.52. The van der Waals surface area contributed by atoms with E-state index in [1.807, 2.05) is 0 Å². The van der Waals surface area contributed by atoms with Gasteiger partial charge >= 0.3 is 0 Å². The third kappa shape index (κ3) is 4.52. The zero-order chi connectivity index (χ0) is 16.3. The van der Waals surface area contributed by atoms with Crippen LogP contribution in [0.1, 0.15) is 39.4 Å². The molecule has 0 radical (unpaired) electrons. The molecule has 3 heterocycles. The molecule has 23 heavy (non-hydrogen) atoms. The summed E-state index contributed by atoms with van der Waals surface area (Å²) >= 11 is 0. The quantitative estimate of drug-likeness (QED) is 0.842. The third-order valence-electron chi connectivity index (χ3n) is 4.84. The van der Waals surface area contributed by atoms with Crippen LogP contribution in [0.2, 0.25) is 0 Å². The van der Waals surface area contributed by atoms with E-state index in [4.69, 9.17) is 4.74 Å². The second-order valence-corrected chi connectivity index (χ2v) is 7.92. The summed E-state index contributed by atoms with van der Waals surface area (Å²) in [6.45, 7) is 15.0. The minimum Gasteiger partial charge on any atom is -0.379 e. The highest BCUT2D eigenvalue weighted by atomic mass is 16.5. The number of piperidine rings is 1. The van der Waals surface area contributed by atoms with E-state index >= 15 is 0 Å². The van der Waals surface area contributed by atoms with Gasteiger partial charge < -0.3 is 4.74 Å². The molecule has 0 bridgehead atoms. The van der Waals surface area contributed by atoms with Crippen LogP contribution in [0.5, 0.6) is 0 Å². The van der Waals surface area contributed by atoms with Crippen LogP contribution in [-0.4, -0.2) is 70.5 Å².